The van der Waals surface area contributed by atoms with E-state index in [1.165, 1.54) is 17.2 Å². The van der Waals surface area contributed by atoms with Gasteiger partial charge < -0.3 is 10.2 Å². The molecule has 2 aromatic heterocycles. The largest absolute Gasteiger partial charge is 0.344 e. The Bertz CT molecular complexity index is 1300. The zero-order chi connectivity index (χ0) is 20.7. The van der Waals surface area contributed by atoms with Crippen LogP contribution in [-0.2, 0) is 4.79 Å². The second-order valence-electron chi connectivity index (χ2n) is 6.97. The minimum Gasteiger partial charge on any atom is -0.344 e. The summed E-state index contributed by atoms with van der Waals surface area (Å²) in [5, 5.41) is 7.60. The number of para-hydroxylation sites is 2. The lowest BCUT2D eigenvalue weighted by Gasteiger charge is -2.18. The number of halogens is 1. The molecule has 9 heteroatoms. The molecule has 1 atom stereocenters. The zero-order valence-corrected chi connectivity index (χ0v) is 15.7. The number of anilines is 2. The Morgan fingerprint density at radius 3 is 2.63 bits per heavy atom. The maximum absolute atomic E-state index is 14.1. The van der Waals surface area contributed by atoms with E-state index in [0.717, 1.165) is 5.69 Å². The number of nitrogens with one attached hydrogen (secondary N) is 2. The van der Waals surface area contributed by atoms with Crippen LogP contribution < -0.4 is 15.8 Å². The average Bonchev–Trinajstić information content (AvgIpc) is 3.34. The van der Waals surface area contributed by atoms with Crippen molar-refractivity contribution in [2.24, 2.45) is 0 Å². The minimum absolute atomic E-state index is 0.166. The highest BCUT2D eigenvalue weighted by Gasteiger charge is 2.34. The molecule has 1 aliphatic heterocycles. The average molecular weight is 404 g/mol. The van der Waals surface area contributed by atoms with E-state index >= 15 is 0 Å². The van der Waals surface area contributed by atoms with Gasteiger partial charge in [-0.1, -0.05) is 30.3 Å². The molecule has 3 heterocycles. The highest BCUT2D eigenvalue weighted by Crippen LogP contribution is 2.25. The fourth-order valence-electron chi connectivity index (χ4n) is 3.63. The van der Waals surface area contributed by atoms with Gasteiger partial charge in [0, 0.05) is 6.54 Å². The normalized spacial score (nSPS) is 16.4. The number of hydrogen-bond acceptors (Lipinski definition) is 5. The number of carbonyl (C=O) groups excluding carboxylic acids is 1. The first-order valence-corrected chi connectivity index (χ1v) is 9.48. The number of H-pyrrole nitrogens is 1. The number of nitrogens with zero attached hydrogens (tertiary/aromatic N) is 4. The molecule has 0 radical (unpaired) electrons. The van der Waals surface area contributed by atoms with Gasteiger partial charge >= 0.3 is 0 Å². The topological polar surface area (TPSA) is 95.9 Å². The molecule has 1 aliphatic rings. The Labute approximate surface area is 170 Å². The van der Waals surface area contributed by atoms with Crippen LogP contribution in [0, 0.1) is 5.82 Å². The maximum atomic E-state index is 14.1. The molecule has 0 spiro atoms. The van der Waals surface area contributed by atoms with E-state index in [4.69, 9.17) is 0 Å². The Morgan fingerprint density at radius 2 is 1.83 bits per heavy atom. The highest BCUT2D eigenvalue weighted by atomic mass is 19.1. The van der Waals surface area contributed by atoms with Gasteiger partial charge in [-0.3, -0.25) is 14.6 Å². The SMILES string of the molecule is O=C1C(Nc2nc3c(cnn3-c3ccccc3)c(=O)[nH]2)CCN1c1ccccc1F. The molecule has 1 unspecified atom stereocenters. The first-order chi connectivity index (χ1) is 14.6. The Hall–Kier alpha value is -4.01. The molecule has 4 aromatic rings. The third kappa shape index (κ3) is 3.00. The number of benzene rings is 2. The van der Waals surface area contributed by atoms with E-state index in [-0.39, 0.29) is 23.1 Å². The molecule has 1 fully saturated rings. The van der Waals surface area contributed by atoms with Gasteiger partial charge in [0.25, 0.3) is 5.56 Å². The van der Waals surface area contributed by atoms with Crippen LogP contribution in [0.2, 0.25) is 0 Å². The molecular formula is C21H17FN6O2. The Morgan fingerprint density at radius 1 is 1.07 bits per heavy atom. The molecule has 1 saturated heterocycles. The summed E-state index contributed by atoms with van der Waals surface area (Å²) in [5.41, 5.74) is 1.02. The molecule has 5 rings (SSSR count). The number of fused-ring (bicyclic) bond motifs is 1. The maximum Gasteiger partial charge on any atom is 0.263 e. The molecule has 150 valence electrons. The van der Waals surface area contributed by atoms with Gasteiger partial charge in [0.1, 0.15) is 17.2 Å². The predicted octanol–water partition coefficient (Wildman–Crippen LogP) is 2.47. The van der Waals surface area contributed by atoms with Crippen LogP contribution in [0.3, 0.4) is 0 Å². The van der Waals surface area contributed by atoms with Gasteiger partial charge in [-0.25, -0.2) is 9.07 Å². The van der Waals surface area contributed by atoms with Crippen molar-refractivity contribution in [2.75, 3.05) is 16.8 Å². The summed E-state index contributed by atoms with van der Waals surface area (Å²) in [7, 11) is 0. The van der Waals surface area contributed by atoms with E-state index in [0.29, 0.717) is 24.0 Å². The number of amides is 1. The minimum atomic E-state index is -0.627. The number of rotatable bonds is 4. The van der Waals surface area contributed by atoms with E-state index < -0.39 is 11.9 Å². The van der Waals surface area contributed by atoms with Crippen LogP contribution in [0.4, 0.5) is 16.0 Å². The lowest BCUT2D eigenvalue weighted by Crippen LogP contribution is -2.34. The first kappa shape index (κ1) is 18.0. The van der Waals surface area contributed by atoms with Crippen LogP contribution in [0.15, 0.2) is 65.6 Å². The van der Waals surface area contributed by atoms with Gasteiger partial charge in [-0.2, -0.15) is 10.1 Å². The number of carbonyl (C=O) groups is 1. The molecule has 2 aromatic carbocycles. The third-order valence-corrected chi connectivity index (χ3v) is 5.10. The second-order valence-corrected chi connectivity index (χ2v) is 6.97. The lowest BCUT2D eigenvalue weighted by atomic mass is 10.2. The zero-order valence-electron chi connectivity index (χ0n) is 15.7. The lowest BCUT2D eigenvalue weighted by molar-refractivity contribution is -0.117. The second kappa shape index (κ2) is 7.11. The molecule has 30 heavy (non-hydrogen) atoms. The van der Waals surface area contributed by atoms with Crippen LogP contribution in [0.5, 0.6) is 0 Å². The quantitative estimate of drug-likeness (QED) is 0.545. The molecule has 1 amide bonds. The first-order valence-electron chi connectivity index (χ1n) is 9.48. The fraction of sp³-hybridized carbons (Fsp3) is 0.143. The van der Waals surface area contributed by atoms with E-state index in [1.54, 1.807) is 22.9 Å². The number of aromatic nitrogens is 4. The summed E-state index contributed by atoms with van der Waals surface area (Å²) < 4.78 is 15.6. The van der Waals surface area contributed by atoms with Gasteiger partial charge in [0.15, 0.2) is 5.65 Å². The summed E-state index contributed by atoms with van der Waals surface area (Å²) in [5.74, 6) is -0.565. The van der Waals surface area contributed by atoms with Crippen molar-refractivity contribution < 1.29 is 9.18 Å². The van der Waals surface area contributed by atoms with Crippen LogP contribution in [0.25, 0.3) is 16.7 Å². The monoisotopic (exact) mass is 404 g/mol. The summed E-state index contributed by atoms with van der Waals surface area (Å²) in [6, 6.07) is 14.9. The Balaban J connectivity index is 1.46. The van der Waals surface area contributed by atoms with Crippen molar-refractivity contribution in [3.63, 3.8) is 0 Å². The third-order valence-electron chi connectivity index (χ3n) is 5.10. The van der Waals surface area contributed by atoms with Gasteiger partial charge in [-0.05, 0) is 30.7 Å². The van der Waals surface area contributed by atoms with E-state index in [2.05, 4.69) is 20.4 Å². The summed E-state index contributed by atoms with van der Waals surface area (Å²) in [6.07, 6.45) is 1.91. The van der Waals surface area contributed by atoms with E-state index in [1.807, 2.05) is 30.3 Å². The smallest absolute Gasteiger partial charge is 0.263 e. The molecular weight excluding hydrogens is 387 g/mol. The van der Waals surface area contributed by atoms with Crippen LogP contribution in [-0.4, -0.2) is 38.2 Å². The van der Waals surface area contributed by atoms with Crippen molar-refractivity contribution in [2.45, 2.75) is 12.5 Å². The van der Waals surface area contributed by atoms with Crippen LogP contribution >= 0.6 is 0 Å². The number of hydrogen-bond donors (Lipinski definition) is 2. The van der Waals surface area contributed by atoms with Crippen molar-refractivity contribution >= 4 is 28.6 Å². The summed E-state index contributed by atoms with van der Waals surface area (Å²) in [6.45, 7) is 0.367. The van der Waals surface area contributed by atoms with Gasteiger partial charge in [-0.15, -0.1) is 0 Å². The van der Waals surface area contributed by atoms with Crippen molar-refractivity contribution in [1.29, 1.82) is 0 Å². The Kier molecular flexibility index (Phi) is 4.27. The molecule has 2 N–H and O–H groups in total. The standard InChI is InChI=1S/C21H17FN6O2/c22-15-8-4-5-9-17(15)27-11-10-16(20(27)30)24-21-25-18-14(19(29)26-21)12-23-28(18)13-6-2-1-3-7-13/h1-9,12,16H,10-11H2,(H2,24,25,26,29). The molecule has 8 nitrogen and oxygen atoms in total. The van der Waals surface area contributed by atoms with Crippen molar-refractivity contribution in [3.8, 4) is 5.69 Å². The predicted molar refractivity (Wildman–Crippen MR) is 110 cm³/mol. The molecule has 0 bridgehead atoms. The molecule has 0 saturated carbocycles. The summed E-state index contributed by atoms with van der Waals surface area (Å²) in [4.78, 5) is 33.8. The van der Waals surface area contributed by atoms with Crippen molar-refractivity contribution in [1.82, 2.24) is 19.7 Å². The summed E-state index contributed by atoms with van der Waals surface area (Å²) >= 11 is 0. The number of aromatic amines is 1. The van der Waals surface area contributed by atoms with E-state index in [9.17, 15) is 14.0 Å². The van der Waals surface area contributed by atoms with Gasteiger partial charge in [0.2, 0.25) is 11.9 Å². The fourth-order valence-corrected chi connectivity index (χ4v) is 3.63. The van der Waals surface area contributed by atoms with Crippen LogP contribution in [0.1, 0.15) is 6.42 Å². The van der Waals surface area contributed by atoms with Gasteiger partial charge in [0.05, 0.1) is 17.6 Å². The molecule has 0 aliphatic carbocycles. The van der Waals surface area contributed by atoms with Crippen molar-refractivity contribution in [3.05, 3.63) is 77.0 Å². The highest BCUT2D eigenvalue weighted by molar-refractivity contribution is 6.01.